The van der Waals surface area contributed by atoms with E-state index in [-0.39, 0.29) is 0 Å². The van der Waals surface area contributed by atoms with Crippen LogP contribution in [-0.4, -0.2) is 13.1 Å². The van der Waals surface area contributed by atoms with Gasteiger partial charge in [-0.05, 0) is 51.6 Å². The van der Waals surface area contributed by atoms with Gasteiger partial charge in [0, 0.05) is 0 Å². The molecule has 1 heterocycles. The van der Waals surface area contributed by atoms with E-state index in [4.69, 9.17) is 0 Å². The molecule has 0 amide bonds. The van der Waals surface area contributed by atoms with Gasteiger partial charge in [-0.1, -0.05) is 30.7 Å². The van der Waals surface area contributed by atoms with Crippen LogP contribution < -0.4 is 5.32 Å². The van der Waals surface area contributed by atoms with E-state index in [1.54, 1.807) is 0 Å². The topological polar surface area (TPSA) is 12.0 Å². The average Bonchev–Trinajstić information content (AvgIpc) is 2.20. The fraction of sp³-hybridized carbons (Fsp3) is 0.692. The fourth-order valence-electron chi connectivity index (χ4n) is 1.66. The van der Waals surface area contributed by atoms with Crippen molar-refractivity contribution in [1.29, 1.82) is 0 Å². The molecule has 0 atom stereocenters. The normalized spacial score (nSPS) is 21.7. The molecule has 0 radical (unpaired) electrons. The molecule has 0 saturated carbocycles. The quantitative estimate of drug-likeness (QED) is 0.581. The molecule has 80 valence electrons. The van der Waals surface area contributed by atoms with Crippen LogP contribution in [-0.2, 0) is 0 Å². The number of nitrogens with one attached hydrogen (secondary N) is 1. The Balaban J connectivity index is 0.000000146. The third kappa shape index (κ3) is 6.90. The van der Waals surface area contributed by atoms with Crippen LogP contribution in [0, 0.1) is 0 Å². The largest absolute Gasteiger partial charge is 0.317 e. The van der Waals surface area contributed by atoms with E-state index in [0.717, 1.165) is 0 Å². The van der Waals surface area contributed by atoms with Gasteiger partial charge in [0.05, 0.1) is 0 Å². The Morgan fingerprint density at radius 2 is 1.00 bits per heavy atom. The summed E-state index contributed by atoms with van der Waals surface area (Å²) in [5, 5.41) is 3.28. The minimum atomic E-state index is 1.23. The van der Waals surface area contributed by atoms with Gasteiger partial charge in [-0.15, -0.1) is 0 Å². The predicted molar refractivity (Wildman–Crippen MR) is 63.5 cm³/mol. The minimum Gasteiger partial charge on any atom is -0.317 e. The zero-order chi connectivity index (χ0) is 9.90. The van der Waals surface area contributed by atoms with Gasteiger partial charge in [0.1, 0.15) is 0 Å². The number of rotatable bonds is 0. The summed E-state index contributed by atoms with van der Waals surface area (Å²) in [6, 6.07) is 0. The van der Waals surface area contributed by atoms with Gasteiger partial charge in [0.2, 0.25) is 0 Å². The second-order valence-electron chi connectivity index (χ2n) is 3.91. The highest BCUT2D eigenvalue weighted by Crippen LogP contribution is 2.02. The predicted octanol–water partition coefficient (Wildman–Crippen LogP) is 3.43. The van der Waals surface area contributed by atoms with Gasteiger partial charge in [-0.25, -0.2) is 0 Å². The molecule has 1 nitrogen and oxygen atoms in total. The van der Waals surface area contributed by atoms with Crippen LogP contribution in [0.15, 0.2) is 24.3 Å². The maximum atomic E-state index is 3.28. The van der Waals surface area contributed by atoms with Crippen molar-refractivity contribution in [3.05, 3.63) is 24.3 Å². The number of piperidine rings is 1. The van der Waals surface area contributed by atoms with Crippen LogP contribution >= 0.6 is 0 Å². The minimum absolute atomic E-state index is 1.23. The molecule has 0 aromatic heterocycles. The van der Waals surface area contributed by atoms with Crippen LogP contribution in [0.4, 0.5) is 0 Å². The molecule has 2 rings (SSSR count). The summed E-state index contributed by atoms with van der Waals surface area (Å²) in [6.07, 6.45) is 18.2. The van der Waals surface area contributed by atoms with E-state index in [9.17, 15) is 0 Å². The molecule has 14 heavy (non-hydrogen) atoms. The lowest BCUT2D eigenvalue weighted by atomic mass is 10.1. The Morgan fingerprint density at radius 3 is 1.21 bits per heavy atom. The van der Waals surface area contributed by atoms with Crippen molar-refractivity contribution < 1.29 is 0 Å². The number of hydrogen-bond donors (Lipinski definition) is 1. The van der Waals surface area contributed by atoms with Gasteiger partial charge >= 0.3 is 0 Å². The first-order valence-corrected chi connectivity index (χ1v) is 6.01. The second kappa shape index (κ2) is 9.01. The smallest absolute Gasteiger partial charge is 0.00489 e. The summed E-state index contributed by atoms with van der Waals surface area (Å²) >= 11 is 0. The van der Waals surface area contributed by atoms with Gasteiger partial charge in [-0.3, -0.25) is 0 Å². The molecule has 1 N–H and O–H groups in total. The lowest BCUT2D eigenvalue weighted by molar-refractivity contribution is 0.520. The zero-order valence-electron chi connectivity index (χ0n) is 9.17. The van der Waals surface area contributed by atoms with E-state index in [0.29, 0.717) is 0 Å². The Labute approximate surface area is 88.3 Å². The monoisotopic (exact) mass is 193 g/mol. The standard InChI is InChI=1S/C8H12.C5H11N/c1-2-4-6-8-7-5-3-1;1-2-4-6-5-3-1/h1-2,7-8H,3-6H2;6H,1-5H2. The molecule has 0 aromatic carbocycles. The molecule has 1 saturated heterocycles. The molecule has 1 aliphatic carbocycles. The van der Waals surface area contributed by atoms with Crippen LogP contribution in [0.25, 0.3) is 0 Å². The summed E-state index contributed by atoms with van der Waals surface area (Å²) in [5.41, 5.74) is 0. The van der Waals surface area contributed by atoms with E-state index < -0.39 is 0 Å². The highest BCUT2D eigenvalue weighted by molar-refractivity contribution is 4.93. The Hall–Kier alpha value is -0.560. The lowest BCUT2D eigenvalue weighted by Crippen LogP contribution is -2.21. The number of allylic oxidation sites excluding steroid dienone is 4. The molecule has 0 unspecified atom stereocenters. The summed E-state index contributed by atoms with van der Waals surface area (Å²) < 4.78 is 0. The summed E-state index contributed by atoms with van der Waals surface area (Å²) in [4.78, 5) is 0. The van der Waals surface area contributed by atoms with Crippen molar-refractivity contribution >= 4 is 0 Å². The highest BCUT2D eigenvalue weighted by atomic mass is 14.9. The third-order valence-corrected chi connectivity index (χ3v) is 2.54. The summed E-state index contributed by atoms with van der Waals surface area (Å²) in [6.45, 7) is 2.50. The Bertz CT molecular complexity index is 129. The second-order valence-corrected chi connectivity index (χ2v) is 3.91. The van der Waals surface area contributed by atoms with Crippen LogP contribution in [0.5, 0.6) is 0 Å². The van der Waals surface area contributed by atoms with Gasteiger partial charge in [0.25, 0.3) is 0 Å². The Morgan fingerprint density at radius 1 is 0.571 bits per heavy atom. The van der Waals surface area contributed by atoms with Crippen LogP contribution in [0.1, 0.15) is 44.9 Å². The average molecular weight is 193 g/mol. The first-order valence-electron chi connectivity index (χ1n) is 6.01. The molecular weight excluding hydrogens is 170 g/mol. The van der Waals surface area contributed by atoms with Gasteiger partial charge < -0.3 is 5.32 Å². The maximum Gasteiger partial charge on any atom is -0.00489 e. The number of hydrogen-bond acceptors (Lipinski definition) is 1. The molecule has 0 aromatic rings. The van der Waals surface area contributed by atoms with Crippen molar-refractivity contribution in [3.8, 4) is 0 Å². The summed E-state index contributed by atoms with van der Waals surface area (Å²) in [7, 11) is 0. The molecule has 1 fully saturated rings. The van der Waals surface area contributed by atoms with E-state index in [1.165, 1.54) is 58.0 Å². The van der Waals surface area contributed by atoms with E-state index in [2.05, 4.69) is 29.6 Å². The van der Waals surface area contributed by atoms with Crippen molar-refractivity contribution in [2.45, 2.75) is 44.9 Å². The molecule has 0 bridgehead atoms. The molecule has 0 spiro atoms. The highest BCUT2D eigenvalue weighted by Gasteiger charge is 1.93. The fourth-order valence-corrected chi connectivity index (χ4v) is 1.66. The van der Waals surface area contributed by atoms with Gasteiger partial charge in [0.15, 0.2) is 0 Å². The lowest BCUT2D eigenvalue weighted by Gasteiger charge is -2.08. The molecule has 1 heteroatoms. The van der Waals surface area contributed by atoms with E-state index in [1.807, 2.05) is 0 Å². The molecule has 1 aliphatic heterocycles. The molecule has 2 aliphatic rings. The molecular formula is C13H23N. The van der Waals surface area contributed by atoms with Crippen molar-refractivity contribution in [2.24, 2.45) is 0 Å². The van der Waals surface area contributed by atoms with Crippen LogP contribution in [0.2, 0.25) is 0 Å². The van der Waals surface area contributed by atoms with Crippen molar-refractivity contribution in [2.75, 3.05) is 13.1 Å². The van der Waals surface area contributed by atoms with Crippen molar-refractivity contribution in [1.82, 2.24) is 5.32 Å². The summed E-state index contributed by atoms with van der Waals surface area (Å²) in [5.74, 6) is 0. The third-order valence-electron chi connectivity index (χ3n) is 2.54. The van der Waals surface area contributed by atoms with E-state index >= 15 is 0 Å². The Kier molecular flexibility index (Phi) is 7.41. The van der Waals surface area contributed by atoms with Crippen molar-refractivity contribution in [3.63, 3.8) is 0 Å². The first kappa shape index (κ1) is 11.5. The maximum absolute atomic E-state index is 3.28. The van der Waals surface area contributed by atoms with Gasteiger partial charge in [-0.2, -0.15) is 0 Å². The van der Waals surface area contributed by atoms with Crippen LogP contribution in [0.3, 0.4) is 0 Å². The zero-order valence-corrected chi connectivity index (χ0v) is 9.17. The first-order chi connectivity index (χ1) is 7.00. The SMILES string of the molecule is C1=CCCC=CCC1.C1CCNCC1.